The Bertz CT molecular complexity index is 1070. The Morgan fingerprint density at radius 1 is 1.17 bits per heavy atom. The van der Waals surface area contributed by atoms with E-state index < -0.39 is 11.7 Å². The number of aromatic nitrogens is 1. The molecule has 158 valence electrons. The maximum absolute atomic E-state index is 13.4. The predicted octanol–water partition coefficient (Wildman–Crippen LogP) is 4.48. The largest absolute Gasteiger partial charge is 0.444 e. The number of halogens is 1. The molecule has 1 unspecified atom stereocenters. The van der Waals surface area contributed by atoms with Crippen molar-refractivity contribution in [1.82, 2.24) is 9.47 Å². The van der Waals surface area contributed by atoms with Crippen LogP contribution < -0.4 is 0 Å². The summed E-state index contributed by atoms with van der Waals surface area (Å²) in [4.78, 5) is 14.5. The SMILES string of the molecule is CC(C)(C)OC(=O)N1Cc2c(c3ccccc3n2Cc2ccc(F)cc2)CC1CO. The lowest BCUT2D eigenvalue weighted by molar-refractivity contribution is 0.00403. The fourth-order valence-corrected chi connectivity index (χ4v) is 4.12. The molecule has 6 heteroatoms. The summed E-state index contributed by atoms with van der Waals surface area (Å²) >= 11 is 0. The molecule has 1 N–H and O–H groups in total. The molecule has 2 aromatic carbocycles. The molecule has 0 fully saturated rings. The molecule has 0 saturated heterocycles. The average molecular weight is 410 g/mol. The highest BCUT2D eigenvalue weighted by Crippen LogP contribution is 2.34. The highest BCUT2D eigenvalue weighted by atomic mass is 19.1. The molecule has 1 atom stereocenters. The van der Waals surface area contributed by atoms with Gasteiger partial charge in [0.1, 0.15) is 11.4 Å². The Morgan fingerprint density at radius 2 is 1.87 bits per heavy atom. The topological polar surface area (TPSA) is 54.7 Å². The second-order valence-electron chi connectivity index (χ2n) is 8.80. The molecule has 1 aliphatic heterocycles. The number of hydrogen-bond donors (Lipinski definition) is 1. The van der Waals surface area contributed by atoms with E-state index in [0.29, 0.717) is 19.5 Å². The van der Waals surface area contributed by atoms with E-state index in [9.17, 15) is 14.3 Å². The molecule has 1 aliphatic rings. The van der Waals surface area contributed by atoms with Crippen LogP contribution in [0.25, 0.3) is 10.9 Å². The van der Waals surface area contributed by atoms with Gasteiger partial charge in [0.15, 0.2) is 0 Å². The summed E-state index contributed by atoms with van der Waals surface area (Å²) in [6.07, 6.45) is 0.132. The molecule has 30 heavy (non-hydrogen) atoms. The highest BCUT2D eigenvalue weighted by molar-refractivity contribution is 5.86. The number of carbonyl (C=O) groups is 1. The summed E-state index contributed by atoms with van der Waals surface area (Å²) < 4.78 is 21.1. The van der Waals surface area contributed by atoms with Gasteiger partial charge in [0.25, 0.3) is 0 Å². The number of aliphatic hydroxyl groups is 1. The van der Waals surface area contributed by atoms with E-state index in [1.54, 1.807) is 17.0 Å². The van der Waals surface area contributed by atoms with Gasteiger partial charge in [-0.25, -0.2) is 9.18 Å². The van der Waals surface area contributed by atoms with Gasteiger partial charge in [-0.15, -0.1) is 0 Å². The van der Waals surface area contributed by atoms with Crippen LogP contribution >= 0.6 is 0 Å². The van der Waals surface area contributed by atoms with Crippen LogP contribution in [-0.2, 0) is 24.2 Å². The minimum absolute atomic E-state index is 0.129. The first kappa shape index (κ1) is 20.4. The van der Waals surface area contributed by atoms with Gasteiger partial charge in [-0.3, -0.25) is 4.90 Å². The zero-order valence-corrected chi connectivity index (χ0v) is 17.6. The average Bonchev–Trinajstić information content (AvgIpc) is 3.00. The van der Waals surface area contributed by atoms with Crippen molar-refractivity contribution in [2.24, 2.45) is 0 Å². The Labute approximate surface area is 175 Å². The van der Waals surface area contributed by atoms with Gasteiger partial charge in [-0.2, -0.15) is 0 Å². The molecule has 4 rings (SSSR count). The third kappa shape index (κ3) is 3.92. The molecule has 0 spiro atoms. The van der Waals surface area contributed by atoms with Crippen molar-refractivity contribution in [2.75, 3.05) is 6.61 Å². The Hall–Kier alpha value is -2.86. The van der Waals surface area contributed by atoms with Crippen LogP contribution in [0.4, 0.5) is 9.18 Å². The smallest absolute Gasteiger partial charge is 0.410 e. The lowest BCUT2D eigenvalue weighted by Crippen LogP contribution is -2.48. The summed E-state index contributed by atoms with van der Waals surface area (Å²) in [6, 6.07) is 14.3. The monoisotopic (exact) mass is 410 g/mol. The zero-order chi connectivity index (χ0) is 21.5. The number of amides is 1. The summed E-state index contributed by atoms with van der Waals surface area (Å²) in [5, 5.41) is 11.1. The number of aliphatic hydroxyl groups excluding tert-OH is 1. The molecule has 3 aromatic rings. The van der Waals surface area contributed by atoms with Crippen LogP contribution in [0.2, 0.25) is 0 Å². The third-order valence-electron chi connectivity index (χ3n) is 5.49. The fourth-order valence-electron chi connectivity index (χ4n) is 4.12. The summed E-state index contributed by atoms with van der Waals surface area (Å²) in [7, 11) is 0. The van der Waals surface area contributed by atoms with Crippen LogP contribution in [0, 0.1) is 5.82 Å². The molecule has 1 amide bonds. The number of hydrogen-bond acceptors (Lipinski definition) is 3. The van der Waals surface area contributed by atoms with E-state index in [0.717, 1.165) is 27.7 Å². The van der Waals surface area contributed by atoms with E-state index in [4.69, 9.17) is 4.74 Å². The maximum atomic E-state index is 13.4. The summed E-state index contributed by atoms with van der Waals surface area (Å²) in [5.74, 6) is -0.264. The summed E-state index contributed by atoms with van der Waals surface area (Å²) in [5.41, 5.74) is 3.60. The van der Waals surface area contributed by atoms with Crippen LogP contribution in [0.3, 0.4) is 0 Å². The maximum Gasteiger partial charge on any atom is 0.410 e. The van der Waals surface area contributed by atoms with E-state index in [1.807, 2.05) is 32.9 Å². The highest BCUT2D eigenvalue weighted by Gasteiger charge is 2.35. The van der Waals surface area contributed by atoms with Crippen LogP contribution in [-0.4, -0.2) is 38.9 Å². The number of benzene rings is 2. The standard InChI is InChI=1S/C24H27FN2O3/c1-24(2,3)30-23(29)26-14-22-20(12-18(26)15-28)19-6-4-5-7-21(19)27(22)13-16-8-10-17(25)11-9-16/h4-11,18,28H,12-15H2,1-3H3. The van der Waals surface area contributed by atoms with Gasteiger partial charge in [0, 0.05) is 23.1 Å². The first-order valence-corrected chi connectivity index (χ1v) is 10.2. The molecule has 0 bridgehead atoms. The molecule has 0 saturated carbocycles. The number of fused-ring (bicyclic) bond motifs is 3. The first-order chi connectivity index (χ1) is 14.3. The number of ether oxygens (including phenoxy) is 1. The van der Waals surface area contributed by atoms with Crippen LogP contribution in [0.5, 0.6) is 0 Å². The molecular formula is C24H27FN2O3. The van der Waals surface area contributed by atoms with E-state index >= 15 is 0 Å². The van der Waals surface area contributed by atoms with Crippen molar-refractivity contribution in [1.29, 1.82) is 0 Å². The number of rotatable bonds is 3. The van der Waals surface area contributed by atoms with E-state index in [-0.39, 0.29) is 18.5 Å². The molecule has 0 aliphatic carbocycles. The molecule has 1 aromatic heterocycles. The van der Waals surface area contributed by atoms with Gasteiger partial charge in [0.05, 0.1) is 19.2 Å². The van der Waals surface area contributed by atoms with Crippen molar-refractivity contribution in [3.63, 3.8) is 0 Å². The number of para-hydroxylation sites is 1. The Balaban J connectivity index is 1.77. The second kappa shape index (κ2) is 7.76. The van der Waals surface area contributed by atoms with Gasteiger partial charge in [-0.05, 0) is 56.5 Å². The van der Waals surface area contributed by atoms with Gasteiger partial charge < -0.3 is 14.4 Å². The second-order valence-corrected chi connectivity index (χ2v) is 8.80. The minimum Gasteiger partial charge on any atom is -0.444 e. The van der Waals surface area contributed by atoms with Crippen molar-refractivity contribution < 1.29 is 19.0 Å². The Morgan fingerprint density at radius 3 is 2.53 bits per heavy atom. The third-order valence-corrected chi connectivity index (χ3v) is 5.49. The van der Waals surface area contributed by atoms with Crippen molar-refractivity contribution in [3.05, 3.63) is 71.2 Å². The van der Waals surface area contributed by atoms with E-state index in [1.165, 1.54) is 12.1 Å². The van der Waals surface area contributed by atoms with Gasteiger partial charge in [0.2, 0.25) is 0 Å². The number of nitrogens with zero attached hydrogens (tertiary/aromatic N) is 2. The van der Waals surface area contributed by atoms with Crippen LogP contribution in [0.15, 0.2) is 48.5 Å². The van der Waals surface area contributed by atoms with Crippen molar-refractivity contribution in [3.8, 4) is 0 Å². The summed E-state index contributed by atoms with van der Waals surface area (Å²) in [6.45, 7) is 6.29. The lowest BCUT2D eigenvalue weighted by Gasteiger charge is -2.36. The normalized spacial score (nSPS) is 16.6. The number of carbonyl (C=O) groups excluding carboxylic acids is 1. The molecule has 0 radical (unpaired) electrons. The zero-order valence-electron chi connectivity index (χ0n) is 17.6. The lowest BCUT2D eigenvalue weighted by atomic mass is 9.97. The molecule has 5 nitrogen and oxygen atoms in total. The fraction of sp³-hybridized carbons (Fsp3) is 0.375. The Kier molecular flexibility index (Phi) is 5.28. The molecular weight excluding hydrogens is 383 g/mol. The van der Waals surface area contributed by atoms with Gasteiger partial charge in [-0.1, -0.05) is 30.3 Å². The van der Waals surface area contributed by atoms with Crippen molar-refractivity contribution in [2.45, 2.75) is 51.9 Å². The van der Waals surface area contributed by atoms with Crippen molar-refractivity contribution >= 4 is 17.0 Å². The van der Waals surface area contributed by atoms with Crippen LogP contribution in [0.1, 0.15) is 37.6 Å². The van der Waals surface area contributed by atoms with E-state index in [2.05, 4.69) is 16.7 Å². The quantitative estimate of drug-likeness (QED) is 0.693. The predicted molar refractivity (Wildman–Crippen MR) is 114 cm³/mol. The van der Waals surface area contributed by atoms with Gasteiger partial charge >= 0.3 is 6.09 Å². The first-order valence-electron chi connectivity index (χ1n) is 10.2. The minimum atomic E-state index is -0.613. The molecule has 2 heterocycles.